The van der Waals surface area contributed by atoms with Gasteiger partial charge < -0.3 is 4.74 Å². The Morgan fingerprint density at radius 1 is 1.21 bits per heavy atom. The average Bonchev–Trinajstić information content (AvgIpc) is 2.64. The Morgan fingerprint density at radius 2 is 2.00 bits per heavy atom. The summed E-state index contributed by atoms with van der Waals surface area (Å²) < 4.78 is 18.8. The van der Waals surface area contributed by atoms with Gasteiger partial charge >= 0.3 is 0 Å². The first-order valence-electron chi connectivity index (χ1n) is 6.55. The molecule has 0 amide bonds. The fourth-order valence-corrected chi connectivity index (χ4v) is 3.06. The molecule has 4 heteroatoms. The van der Waals surface area contributed by atoms with Gasteiger partial charge in [0.05, 0.1) is 17.6 Å². The van der Waals surface area contributed by atoms with Gasteiger partial charge in [0.2, 0.25) is 0 Å². The van der Waals surface area contributed by atoms with Crippen molar-refractivity contribution in [2.75, 3.05) is 7.11 Å². The van der Waals surface area contributed by atoms with Crippen molar-refractivity contribution < 1.29 is 9.13 Å². The van der Waals surface area contributed by atoms with Gasteiger partial charge in [-0.3, -0.25) is 4.98 Å². The topological polar surface area (TPSA) is 22.1 Å². The van der Waals surface area contributed by atoms with Crippen LogP contribution < -0.4 is 4.74 Å². The lowest BCUT2D eigenvalue weighted by molar-refractivity contribution is 0.387. The summed E-state index contributed by atoms with van der Waals surface area (Å²) in [5.74, 6) is -0.183. The van der Waals surface area contributed by atoms with E-state index in [9.17, 15) is 4.39 Å². The van der Waals surface area contributed by atoms with Crippen LogP contribution in [0.25, 0.3) is 10.9 Å². The Hall–Kier alpha value is -1.35. The lowest BCUT2D eigenvalue weighted by Gasteiger charge is -2.12. The van der Waals surface area contributed by atoms with E-state index in [1.807, 2.05) is 0 Å². The van der Waals surface area contributed by atoms with Crippen LogP contribution in [-0.2, 0) is 12.8 Å². The van der Waals surface area contributed by atoms with Gasteiger partial charge in [-0.1, -0.05) is 18.0 Å². The minimum atomic E-state index is -0.396. The van der Waals surface area contributed by atoms with Crippen molar-refractivity contribution in [3.05, 3.63) is 34.2 Å². The molecule has 0 spiro atoms. The van der Waals surface area contributed by atoms with E-state index in [0.29, 0.717) is 10.5 Å². The molecule has 0 unspecified atom stereocenters. The van der Waals surface area contributed by atoms with Gasteiger partial charge in [0.15, 0.2) is 11.6 Å². The average molecular weight is 280 g/mol. The number of benzene rings is 1. The van der Waals surface area contributed by atoms with Gasteiger partial charge in [0.1, 0.15) is 0 Å². The third kappa shape index (κ3) is 2.16. The summed E-state index contributed by atoms with van der Waals surface area (Å²) in [6.45, 7) is 0. The standard InChI is InChI=1S/C15H15ClFNO/c1-19-14-7-10-13(8-11(14)17)18-12-6-4-2-3-5-9(12)15(10)16/h7-8H,2-6H2,1H3. The fraction of sp³-hybridized carbons (Fsp3) is 0.400. The molecule has 0 radical (unpaired) electrons. The molecule has 1 aliphatic carbocycles. The van der Waals surface area contributed by atoms with E-state index in [1.165, 1.54) is 19.6 Å². The number of fused-ring (bicyclic) bond motifs is 2. The van der Waals surface area contributed by atoms with E-state index in [-0.39, 0.29) is 5.75 Å². The van der Waals surface area contributed by atoms with Crippen LogP contribution in [0.1, 0.15) is 30.5 Å². The van der Waals surface area contributed by atoms with Crippen LogP contribution in [0, 0.1) is 5.82 Å². The third-order valence-electron chi connectivity index (χ3n) is 3.72. The van der Waals surface area contributed by atoms with Gasteiger partial charge in [0.25, 0.3) is 0 Å². The van der Waals surface area contributed by atoms with Crippen molar-refractivity contribution in [1.82, 2.24) is 4.98 Å². The maximum atomic E-state index is 13.8. The number of aromatic nitrogens is 1. The fourth-order valence-electron chi connectivity index (χ4n) is 2.70. The van der Waals surface area contributed by atoms with Crippen molar-refractivity contribution in [2.45, 2.75) is 32.1 Å². The second-order valence-electron chi connectivity index (χ2n) is 4.92. The van der Waals surface area contributed by atoms with Crippen molar-refractivity contribution >= 4 is 22.5 Å². The number of halogens is 2. The highest BCUT2D eigenvalue weighted by molar-refractivity contribution is 6.36. The summed E-state index contributed by atoms with van der Waals surface area (Å²) in [4.78, 5) is 4.59. The van der Waals surface area contributed by atoms with Crippen LogP contribution in [-0.4, -0.2) is 12.1 Å². The summed E-state index contributed by atoms with van der Waals surface area (Å²) in [6.07, 6.45) is 5.34. The van der Waals surface area contributed by atoms with Gasteiger partial charge in [-0.05, 0) is 37.3 Å². The molecular formula is C15H15ClFNO. The molecule has 1 heterocycles. The molecule has 0 saturated heterocycles. The van der Waals surface area contributed by atoms with Crippen LogP contribution in [0.4, 0.5) is 4.39 Å². The molecule has 19 heavy (non-hydrogen) atoms. The maximum Gasteiger partial charge on any atom is 0.167 e. The zero-order valence-corrected chi connectivity index (χ0v) is 11.6. The first-order valence-corrected chi connectivity index (χ1v) is 6.93. The highest BCUT2D eigenvalue weighted by Crippen LogP contribution is 2.35. The van der Waals surface area contributed by atoms with Gasteiger partial charge in [-0.2, -0.15) is 0 Å². The number of ether oxygens (including phenoxy) is 1. The predicted molar refractivity (Wildman–Crippen MR) is 74.5 cm³/mol. The SMILES string of the molecule is COc1cc2c(Cl)c3c(nc2cc1F)CCCCC3. The predicted octanol–water partition coefficient (Wildman–Crippen LogP) is 4.30. The normalized spacial score (nSPS) is 15.1. The number of rotatable bonds is 1. The molecule has 2 nitrogen and oxygen atoms in total. The molecule has 0 fully saturated rings. The number of methoxy groups -OCH3 is 1. The van der Waals surface area contributed by atoms with E-state index < -0.39 is 5.82 Å². The van der Waals surface area contributed by atoms with Gasteiger partial charge in [-0.15, -0.1) is 0 Å². The number of hydrogen-bond donors (Lipinski definition) is 0. The van der Waals surface area contributed by atoms with Crippen molar-refractivity contribution in [3.8, 4) is 5.75 Å². The quantitative estimate of drug-likeness (QED) is 0.726. The first kappa shape index (κ1) is 12.7. The zero-order valence-electron chi connectivity index (χ0n) is 10.8. The smallest absolute Gasteiger partial charge is 0.167 e. The Labute approximate surface area is 116 Å². The molecule has 3 rings (SSSR count). The minimum absolute atomic E-state index is 0.213. The van der Waals surface area contributed by atoms with Crippen molar-refractivity contribution in [3.63, 3.8) is 0 Å². The number of aryl methyl sites for hydroxylation is 1. The number of pyridine rings is 1. The molecule has 0 bridgehead atoms. The highest BCUT2D eigenvalue weighted by atomic mass is 35.5. The lowest BCUT2D eigenvalue weighted by Crippen LogP contribution is -1.99. The number of nitrogens with zero attached hydrogens (tertiary/aromatic N) is 1. The molecule has 2 aromatic rings. The molecule has 1 aromatic carbocycles. The molecular weight excluding hydrogens is 265 g/mol. The molecule has 0 N–H and O–H groups in total. The largest absolute Gasteiger partial charge is 0.494 e. The Bertz CT molecular complexity index is 642. The van der Waals surface area contributed by atoms with Gasteiger partial charge in [0, 0.05) is 17.1 Å². The van der Waals surface area contributed by atoms with E-state index in [4.69, 9.17) is 16.3 Å². The highest BCUT2D eigenvalue weighted by Gasteiger charge is 2.17. The molecule has 0 saturated carbocycles. The van der Waals surface area contributed by atoms with E-state index in [0.717, 1.165) is 42.3 Å². The van der Waals surface area contributed by atoms with E-state index in [2.05, 4.69) is 4.98 Å². The summed E-state index contributed by atoms with van der Waals surface area (Å²) in [6, 6.07) is 3.05. The Kier molecular flexibility index (Phi) is 3.31. The second-order valence-corrected chi connectivity index (χ2v) is 5.29. The molecule has 1 aliphatic rings. The summed E-state index contributed by atoms with van der Waals surface area (Å²) in [5.41, 5.74) is 2.77. The number of hydrogen-bond acceptors (Lipinski definition) is 2. The third-order valence-corrected chi connectivity index (χ3v) is 4.15. The second kappa shape index (κ2) is 4.97. The first-order chi connectivity index (χ1) is 9.20. The van der Waals surface area contributed by atoms with Crippen molar-refractivity contribution in [2.24, 2.45) is 0 Å². The Balaban J connectivity index is 2.28. The zero-order chi connectivity index (χ0) is 13.4. The summed E-state index contributed by atoms with van der Waals surface area (Å²) in [7, 11) is 1.45. The van der Waals surface area contributed by atoms with E-state index >= 15 is 0 Å². The van der Waals surface area contributed by atoms with Crippen LogP contribution >= 0.6 is 11.6 Å². The maximum absolute atomic E-state index is 13.8. The molecule has 0 aliphatic heterocycles. The molecule has 0 atom stereocenters. The lowest BCUT2D eigenvalue weighted by atomic mass is 10.0. The monoisotopic (exact) mass is 279 g/mol. The Morgan fingerprint density at radius 3 is 2.79 bits per heavy atom. The van der Waals surface area contributed by atoms with Crippen LogP contribution in [0.2, 0.25) is 5.02 Å². The van der Waals surface area contributed by atoms with Crippen LogP contribution in [0.15, 0.2) is 12.1 Å². The summed E-state index contributed by atoms with van der Waals surface area (Å²) >= 11 is 6.50. The summed E-state index contributed by atoms with van der Waals surface area (Å²) in [5, 5.41) is 1.49. The van der Waals surface area contributed by atoms with Crippen LogP contribution in [0.5, 0.6) is 5.75 Å². The van der Waals surface area contributed by atoms with Gasteiger partial charge in [-0.25, -0.2) is 4.39 Å². The van der Waals surface area contributed by atoms with E-state index in [1.54, 1.807) is 6.07 Å². The van der Waals surface area contributed by atoms with Crippen molar-refractivity contribution in [1.29, 1.82) is 0 Å². The molecule has 1 aromatic heterocycles. The van der Waals surface area contributed by atoms with Crippen LogP contribution in [0.3, 0.4) is 0 Å². The minimum Gasteiger partial charge on any atom is -0.494 e. The molecule has 100 valence electrons.